The second kappa shape index (κ2) is 4.65. The summed E-state index contributed by atoms with van der Waals surface area (Å²) in [6, 6.07) is 11.1. The fourth-order valence-electron chi connectivity index (χ4n) is 2.21. The molecular formula is C15H14N2O2. The number of aromatic nitrogens is 2. The third-order valence-electron chi connectivity index (χ3n) is 3.11. The van der Waals surface area contributed by atoms with Crippen LogP contribution < -0.4 is 10.2 Å². The molecule has 2 heterocycles. The second-order valence-electron chi connectivity index (χ2n) is 4.42. The van der Waals surface area contributed by atoms with E-state index in [1.807, 2.05) is 34.9 Å². The van der Waals surface area contributed by atoms with E-state index in [9.17, 15) is 4.79 Å². The number of ether oxygens (including phenoxy) is 1. The van der Waals surface area contributed by atoms with E-state index in [0.29, 0.717) is 0 Å². The third kappa shape index (κ3) is 2.25. The molecule has 19 heavy (non-hydrogen) atoms. The van der Waals surface area contributed by atoms with Gasteiger partial charge >= 0.3 is 0 Å². The van der Waals surface area contributed by atoms with Gasteiger partial charge in [0.05, 0.1) is 7.11 Å². The number of hydrogen-bond donors (Lipinski definition) is 1. The fraction of sp³-hybridized carbons (Fsp3) is 0.133. The van der Waals surface area contributed by atoms with Crippen molar-refractivity contribution in [2.75, 3.05) is 7.11 Å². The number of aromatic amines is 1. The van der Waals surface area contributed by atoms with E-state index in [2.05, 4.69) is 4.98 Å². The van der Waals surface area contributed by atoms with Gasteiger partial charge < -0.3 is 14.1 Å². The molecule has 3 rings (SSSR count). The van der Waals surface area contributed by atoms with Crippen molar-refractivity contribution in [3.63, 3.8) is 0 Å². The summed E-state index contributed by atoms with van der Waals surface area (Å²) in [6.07, 6.45) is 4.49. The Morgan fingerprint density at radius 1 is 1.26 bits per heavy atom. The Morgan fingerprint density at radius 3 is 2.95 bits per heavy atom. The van der Waals surface area contributed by atoms with Crippen molar-refractivity contribution in [3.8, 4) is 5.75 Å². The average Bonchev–Trinajstić information content (AvgIpc) is 2.80. The predicted molar refractivity (Wildman–Crippen MR) is 73.8 cm³/mol. The van der Waals surface area contributed by atoms with Crippen LogP contribution >= 0.6 is 0 Å². The molecule has 4 heteroatoms. The highest BCUT2D eigenvalue weighted by atomic mass is 16.5. The molecule has 0 saturated heterocycles. The number of benzene rings is 1. The average molecular weight is 254 g/mol. The van der Waals surface area contributed by atoms with E-state index in [1.54, 1.807) is 25.4 Å². The molecule has 0 unspecified atom stereocenters. The zero-order valence-electron chi connectivity index (χ0n) is 10.6. The van der Waals surface area contributed by atoms with Crippen molar-refractivity contribution in [1.82, 2.24) is 9.38 Å². The van der Waals surface area contributed by atoms with E-state index in [0.717, 1.165) is 29.1 Å². The van der Waals surface area contributed by atoms with Crippen LogP contribution in [0.2, 0.25) is 0 Å². The van der Waals surface area contributed by atoms with Gasteiger partial charge in [0, 0.05) is 42.2 Å². The second-order valence-corrected chi connectivity index (χ2v) is 4.42. The van der Waals surface area contributed by atoms with Gasteiger partial charge in [-0.1, -0.05) is 18.2 Å². The Bertz CT molecular complexity index is 771. The molecule has 0 aliphatic heterocycles. The molecule has 4 nitrogen and oxygen atoms in total. The van der Waals surface area contributed by atoms with Gasteiger partial charge in [-0.2, -0.15) is 0 Å². The lowest BCUT2D eigenvalue weighted by molar-refractivity contribution is 0.410. The number of imidazole rings is 1. The van der Waals surface area contributed by atoms with E-state index >= 15 is 0 Å². The third-order valence-corrected chi connectivity index (χ3v) is 3.11. The predicted octanol–water partition coefficient (Wildman–Crippen LogP) is 2.23. The number of H-pyrrole nitrogens is 1. The molecule has 3 aromatic rings. The molecule has 0 fully saturated rings. The maximum absolute atomic E-state index is 11.3. The highest BCUT2D eigenvalue weighted by molar-refractivity contribution is 5.42. The van der Waals surface area contributed by atoms with Gasteiger partial charge in [-0.05, 0) is 6.07 Å². The minimum Gasteiger partial charge on any atom is -0.496 e. The van der Waals surface area contributed by atoms with Crippen LogP contribution in [0.25, 0.3) is 5.65 Å². The smallest absolute Gasteiger partial charge is 0.183 e. The van der Waals surface area contributed by atoms with E-state index < -0.39 is 0 Å². The summed E-state index contributed by atoms with van der Waals surface area (Å²) in [5.41, 5.74) is 2.96. The van der Waals surface area contributed by atoms with E-state index in [1.165, 1.54) is 0 Å². The minimum absolute atomic E-state index is 0.00527. The number of pyridine rings is 1. The zero-order valence-corrected chi connectivity index (χ0v) is 10.6. The first-order chi connectivity index (χ1) is 9.26. The standard InChI is InChI=1S/C15H14N2O2/c1-19-14-5-3-2-4-11(14)8-12-10-17-7-6-13(18)9-15(17)16-12/h2-7,9-10,16H,8H2,1H3. The lowest BCUT2D eigenvalue weighted by Gasteiger charge is -2.06. The number of fused-ring (bicyclic) bond motifs is 1. The highest BCUT2D eigenvalue weighted by Crippen LogP contribution is 2.20. The number of nitrogens with one attached hydrogen (secondary N) is 1. The minimum atomic E-state index is 0.00527. The summed E-state index contributed by atoms with van der Waals surface area (Å²) in [5, 5.41) is 0. The van der Waals surface area contributed by atoms with Gasteiger partial charge in [0.2, 0.25) is 0 Å². The monoisotopic (exact) mass is 254 g/mol. The quantitative estimate of drug-likeness (QED) is 0.779. The van der Waals surface area contributed by atoms with Gasteiger partial charge in [-0.25, -0.2) is 0 Å². The van der Waals surface area contributed by atoms with Crippen molar-refractivity contribution < 1.29 is 4.74 Å². The molecular weight excluding hydrogens is 240 g/mol. The summed E-state index contributed by atoms with van der Waals surface area (Å²) < 4.78 is 7.25. The molecule has 0 spiro atoms. The van der Waals surface area contributed by atoms with Crippen molar-refractivity contribution in [1.29, 1.82) is 0 Å². The molecule has 1 N–H and O–H groups in total. The Kier molecular flexibility index (Phi) is 2.83. The molecule has 0 radical (unpaired) electrons. The van der Waals surface area contributed by atoms with Gasteiger partial charge in [-0.15, -0.1) is 0 Å². The number of para-hydroxylation sites is 1. The number of hydrogen-bond acceptors (Lipinski definition) is 2. The molecule has 0 aliphatic carbocycles. The molecule has 0 atom stereocenters. The first-order valence-corrected chi connectivity index (χ1v) is 6.08. The topological polar surface area (TPSA) is 46.5 Å². The molecule has 1 aromatic carbocycles. The summed E-state index contributed by atoms with van der Waals surface area (Å²) in [6.45, 7) is 0. The van der Waals surface area contributed by atoms with Crippen LogP contribution in [0.15, 0.2) is 53.6 Å². The van der Waals surface area contributed by atoms with E-state index in [-0.39, 0.29) is 5.43 Å². The summed E-state index contributed by atoms with van der Waals surface area (Å²) in [4.78, 5) is 14.5. The normalized spacial score (nSPS) is 10.8. The Hall–Kier alpha value is -2.49. The molecule has 0 bridgehead atoms. The highest BCUT2D eigenvalue weighted by Gasteiger charge is 2.05. The van der Waals surface area contributed by atoms with Gasteiger partial charge in [0.1, 0.15) is 11.4 Å². The Balaban J connectivity index is 1.99. The number of methoxy groups -OCH3 is 1. The number of nitrogens with zero attached hydrogens (tertiary/aromatic N) is 1. The zero-order chi connectivity index (χ0) is 13.2. The lowest BCUT2D eigenvalue weighted by Crippen LogP contribution is -1.97. The molecule has 0 saturated carbocycles. The van der Waals surface area contributed by atoms with Crippen LogP contribution in [-0.4, -0.2) is 16.5 Å². The summed E-state index contributed by atoms with van der Waals surface area (Å²) in [7, 11) is 1.67. The maximum atomic E-state index is 11.3. The lowest BCUT2D eigenvalue weighted by atomic mass is 10.1. The summed E-state index contributed by atoms with van der Waals surface area (Å²) in [5.74, 6) is 0.871. The van der Waals surface area contributed by atoms with Crippen LogP contribution in [-0.2, 0) is 6.42 Å². The van der Waals surface area contributed by atoms with Gasteiger partial charge in [0.15, 0.2) is 5.43 Å². The van der Waals surface area contributed by atoms with Crippen molar-refractivity contribution >= 4 is 5.65 Å². The van der Waals surface area contributed by atoms with Crippen LogP contribution in [0.3, 0.4) is 0 Å². The first-order valence-electron chi connectivity index (χ1n) is 6.08. The van der Waals surface area contributed by atoms with Crippen LogP contribution in [0.4, 0.5) is 0 Å². The summed E-state index contributed by atoms with van der Waals surface area (Å²) >= 11 is 0. The van der Waals surface area contributed by atoms with Crippen molar-refractivity contribution in [2.24, 2.45) is 0 Å². The van der Waals surface area contributed by atoms with Crippen molar-refractivity contribution in [3.05, 3.63) is 70.3 Å². The van der Waals surface area contributed by atoms with E-state index in [4.69, 9.17) is 4.74 Å². The van der Waals surface area contributed by atoms with Crippen LogP contribution in [0, 0.1) is 0 Å². The molecule has 96 valence electrons. The first kappa shape index (κ1) is 11.6. The van der Waals surface area contributed by atoms with Crippen LogP contribution in [0.1, 0.15) is 11.3 Å². The largest absolute Gasteiger partial charge is 0.496 e. The van der Waals surface area contributed by atoms with Gasteiger partial charge in [0.25, 0.3) is 0 Å². The van der Waals surface area contributed by atoms with Crippen molar-refractivity contribution in [2.45, 2.75) is 6.42 Å². The number of rotatable bonds is 3. The van der Waals surface area contributed by atoms with Gasteiger partial charge in [-0.3, -0.25) is 4.79 Å². The molecule has 0 amide bonds. The van der Waals surface area contributed by atoms with Crippen LogP contribution in [0.5, 0.6) is 5.75 Å². The fourth-order valence-corrected chi connectivity index (χ4v) is 2.21. The SMILES string of the molecule is COc1ccccc1Cc1cn2ccc(=O)cc2[nH]1. The maximum Gasteiger partial charge on any atom is 0.183 e. The molecule has 2 aromatic heterocycles. The molecule has 0 aliphatic rings. The Labute approximate surface area is 110 Å². The Morgan fingerprint density at radius 2 is 2.11 bits per heavy atom.